The van der Waals surface area contributed by atoms with E-state index < -0.39 is 0 Å². The number of nitrogen functional groups attached to an aromatic ring is 1. The highest BCUT2D eigenvalue weighted by atomic mass is 16.2. The Hall–Kier alpha value is -3.06. The second-order valence-corrected chi connectivity index (χ2v) is 7.84. The van der Waals surface area contributed by atoms with Gasteiger partial charge in [-0.05, 0) is 37.9 Å². The Labute approximate surface area is 169 Å². The zero-order chi connectivity index (χ0) is 19.8. The first-order valence-electron chi connectivity index (χ1n) is 10.2. The van der Waals surface area contributed by atoms with Crippen LogP contribution in [0.3, 0.4) is 0 Å². The van der Waals surface area contributed by atoms with E-state index in [1.807, 2.05) is 35.2 Å². The lowest BCUT2D eigenvalue weighted by Gasteiger charge is -2.26. The van der Waals surface area contributed by atoms with E-state index in [2.05, 4.69) is 14.9 Å². The van der Waals surface area contributed by atoms with E-state index in [-0.39, 0.29) is 11.9 Å². The Morgan fingerprint density at radius 3 is 2.72 bits per heavy atom. The van der Waals surface area contributed by atoms with Crippen molar-refractivity contribution in [1.29, 1.82) is 0 Å². The first kappa shape index (κ1) is 18.0. The number of nitrogens with two attached hydrogens (primary N) is 1. The van der Waals surface area contributed by atoms with Gasteiger partial charge in [0, 0.05) is 49.0 Å². The number of carbonyl (C=O) groups excluding carboxylic acids is 1. The van der Waals surface area contributed by atoms with Gasteiger partial charge < -0.3 is 10.6 Å². The summed E-state index contributed by atoms with van der Waals surface area (Å²) in [5.74, 6) is 0.298. The molecule has 29 heavy (non-hydrogen) atoms. The SMILES string of the molecule is Nc1ncc(-c2cc(C(=O)N3CCCN4CCCC4C3)c3ccccc3n2)cn1. The van der Waals surface area contributed by atoms with Gasteiger partial charge in [-0.15, -0.1) is 0 Å². The summed E-state index contributed by atoms with van der Waals surface area (Å²) in [5.41, 5.74) is 8.54. The van der Waals surface area contributed by atoms with Crippen LogP contribution in [-0.2, 0) is 0 Å². The molecule has 2 aliphatic rings. The van der Waals surface area contributed by atoms with E-state index in [1.165, 1.54) is 12.8 Å². The summed E-state index contributed by atoms with van der Waals surface area (Å²) in [6.07, 6.45) is 6.72. The van der Waals surface area contributed by atoms with Crippen molar-refractivity contribution in [2.75, 3.05) is 31.9 Å². The number of pyridine rings is 1. The van der Waals surface area contributed by atoms with Crippen molar-refractivity contribution in [2.45, 2.75) is 25.3 Å². The fourth-order valence-corrected chi connectivity index (χ4v) is 4.53. The monoisotopic (exact) mass is 388 g/mol. The minimum atomic E-state index is 0.0787. The van der Waals surface area contributed by atoms with Crippen molar-refractivity contribution in [3.63, 3.8) is 0 Å². The lowest BCUT2D eigenvalue weighted by atomic mass is 10.0. The predicted octanol–water partition coefficient (Wildman–Crippen LogP) is 2.58. The van der Waals surface area contributed by atoms with Crippen LogP contribution in [0.1, 0.15) is 29.6 Å². The molecule has 1 unspecified atom stereocenters. The molecule has 2 fully saturated rings. The van der Waals surface area contributed by atoms with Gasteiger partial charge in [0.25, 0.3) is 5.91 Å². The summed E-state index contributed by atoms with van der Waals surface area (Å²) in [6.45, 7) is 3.84. The number of anilines is 1. The van der Waals surface area contributed by atoms with Crippen LogP contribution in [0.5, 0.6) is 0 Å². The Bertz CT molecular complexity index is 1050. The van der Waals surface area contributed by atoms with E-state index in [4.69, 9.17) is 10.7 Å². The highest BCUT2D eigenvalue weighted by Gasteiger charge is 2.31. The Balaban J connectivity index is 1.55. The number of benzene rings is 1. The standard InChI is InChI=1S/C22H24N6O/c23-22-24-12-15(13-25-22)20-11-18(17-6-1-2-7-19(17)26-20)21(29)28-10-4-9-27-8-3-5-16(27)14-28/h1-2,6-7,11-13,16H,3-5,8-10,14H2,(H2,23,24,25). The van der Waals surface area contributed by atoms with Crippen molar-refractivity contribution in [3.05, 3.63) is 48.3 Å². The van der Waals surface area contributed by atoms with Gasteiger partial charge in [0.1, 0.15) is 0 Å². The molecule has 2 aliphatic heterocycles. The van der Waals surface area contributed by atoms with E-state index in [0.717, 1.165) is 49.1 Å². The van der Waals surface area contributed by atoms with E-state index >= 15 is 0 Å². The van der Waals surface area contributed by atoms with Gasteiger partial charge in [-0.1, -0.05) is 18.2 Å². The molecule has 0 saturated carbocycles. The average Bonchev–Trinajstić information content (AvgIpc) is 3.09. The molecule has 0 radical (unpaired) electrons. The van der Waals surface area contributed by atoms with Crippen molar-refractivity contribution < 1.29 is 4.79 Å². The fourth-order valence-electron chi connectivity index (χ4n) is 4.53. The number of hydrogen-bond acceptors (Lipinski definition) is 6. The van der Waals surface area contributed by atoms with Crippen LogP contribution in [0.4, 0.5) is 5.95 Å². The summed E-state index contributed by atoms with van der Waals surface area (Å²) in [6, 6.07) is 10.2. The first-order chi connectivity index (χ1) is 14.2. The van der Waals surface area contributed by atoms with Gasteiger partial charge >= 0.3 is 0 Å². The van der Waals surface area contributed by atoms with Crippen LogP contribution < -0.4 is 5.73 Å². The van der Waals surface area contributed by atoms with E-state index in [9.17, 15) is 4.79 Å². The molecule has 3 aromatic rings. The summed E-state index contributed by atoms with van der Waals surface area (Å²) in [4.78, 5) is 31.1. The largest absolute Gasteiger partial charge is 0.368 e. The van der Waals surface area contributed by atoms with E-state index in [1.54, 1.807) is 12.4 Å². The van der Waals surface area contributed by atoms with Crippen molar-refractivity contribution >= 4 is 22.8 Å². The smallest absolute Gasteiger partial charge is 0.254 e. The Kier molecular flexibility index (Phi) is 4.60. The number of hydrogen-bond donors (Lipinski definition) is 1. The molecular formula is C22H24N6O. The van der Waals surface area contributed by atoms with Crippen molar-refractivity contribution in [1.82, 2.24) is 24.8 Å². The molecule has 1 amide bonds. The topological polar surface area (TPSA) is 88.2 Å². The molecule has 2 N–H and O–H groups in total. The maximum atomic E-state index is 13.6. The second-order valence-electron chi connectivity index (χ2n) is 7.84. The van der Waals surface area contributed by atoms with Crippen LogP contribution >= 0.6 is 0 Å². The first-order valence-corrected chi connectivity index (χ1v) is 10.2. The highest BCUT2D eigenvalue weighted by Crippen LogP contribution is 2.27. The molecule has 0 bridgehead atoms. The molecule has 4 heterocycles. The van der Waals surface area contributed by atoms with Gasteiger partial charge in [-0.25, -0.2) is 15.0 Å². The molecule has 5 rings (SSSR count). The number of fused-ring (bicyclic) bond motifs is 2. The van der Waals surface area contributed by atoms with Crippen LogP contribution in [-0.4, -0.2) is 62.9 Å². The molecule has 7 nitrogen and oxygen atoms in total. The molecule has 1 aromatic carbocycles. The molecule has 2 aromatic heterocycles. The predicted molar refractivity (Wildman–Crippen MR) is 112 cm³/mol. The molecule has 0 aliphatic carbocycles. The van der Waals surface area contributed by atoms with Gasteiger partial charge in [0.05, 0.1) is 16.8 Å². The van der Waals surface area contributed by atoms with Gasteiger partial charge in [-0.2, -0.15) is 0 Å². The highest BCUT2D eigenvalue weighted by molar-refractivity contribution is 6.07. The maximum Gasteiger partial charge on any atom is 0.254 e. The lowest BCUT2D eigenvalue weighted by Crippen LogP contribution is -2.39. The summed E-state index contributed by atoms with van der Waals surface area (Å²) in [7, 11) is 0. The number of carbonyl (C=O) groups is 1. The zero-order valence-electron chi connectivity index (χ0n) is 16.3. The zero-order valence-corrected chi connectivity index (χ0v) is 16.3. The van der Waals surface area contributed by atoms with Crippen LogP contribution in [0.15, 0.2) is 42.7 Å². The fraction of sp³-hybridized carbons (Fsp3) is 0.364. The quantitative estimate of drug-likeness (QED) is 0.726. The van der Waals surface area contributed by atoms with Gasteiger partial charge in [-0.3, -0.25) is 9.69 Å². The van der Waals surface area contributed by atoms with E-state index in [0.29, 0.717) is 17.3 Å². The third kappa shape index (κ3) is 3.42. The van der Waals surface area contributed by atoms with Gasteiger partial charge in [0.15, 0.2) is 0 Å². The van der Waals surface area contributed by atoms with Gasteiger partial charge in [0.2, 0.25) is 5.95 Å². The molecule has 0 spiro atoms. The van der Waals surface area contributed by atoms with Crippen molar-refractivity contribution in [3.8, 4) is 11.3 Å². The molecule has 7 heteroatoms. The Morgan fingerprint density at radius 2 is 1.86 bits per heavy atom. The molecule has 148 valence electrons. The number of para-hydroxylation sites is 1. The number of nitrogens with zero attached hydrogens (tertiary/aromatic N) is 5. The lowest BCUT2D eigenvalue weighted by molar-refractivity contribution is 0.0745. The van der Waals surface area contributed by atoms with Crippen LogP contribution in [0.2, 0.25) is 0 Å². The molecule has 1 atom stereocenters. The molecular weight excluding hydrogens is 364 g/mol. The van der Waals surface area contributed by atoms with Crippen LogP contribution in [0, 0.1) is 0 Å². The average molecular weight is 388 g/mol. The Morgan fingerprint density at radius 1 is 1.07 bits per heavy atom. The molecule has 2 saturated heterocycles. The maximum absolute atomic E-state index is 13.6. The van der Waals surface area contributed by atoms with Crippen molar-refractivity contribution in [2.24, 2.45) is 0 Å². The summed E-state index contributed by atoms with van der Waals surface area (Å²) in [5, 5.41) is 0.880. The number of amides is 1. The summed E-state index contributed by atoms with van der Waals surface area (Å²) >= 11 is 0. The number of aromatic nitrogens is 3. The third-order valence-corrected chi connectivity index (χ3v) is 6.00. The minimum absolute atomic E-state index is 0.0787. The number of rotatable bonds is 2. The third-order valence-electron chi connectivity index (χ3n) is 6.00. The summed E-state index contributed by atoms with van der Waals surface area (Å²) < 4.78 is 0. The minimum Gasteiger partial charge on any atom is -0.368 e. The second kappa shape index (κ2) is 7.40. The van der Waals surface area contributed by atoms with Crippen LogP contribution in [0.25, 0.3) is 22.2 Å². The normalized spacial score (nSPS) is 19.9.